The Morgan fingerprint density at radius 3 is 2.38 bits per heavy atom. The van der Waals surface area contributed by atoms with E-state index in [1.165, 1.54) is 7.11 Å². The van der Waals surface area contributed by atoms with Crippen molar-refractivity contribution in [1.29, 1.82) is 0 Å². The fourth-order valence-electron chi connectivity index (χ4n) is 5.14. The van der Waals surface area contributed by atoms with Gasteiger partial charge in [-0.1, -0.05) is 30.3 Å². The topological polar surface area (TPSA) is 109 Å². The van der Waals surface area contributed by atoms with Crippen LogP contribution in [0.15, 0.2) is 30.3 Å². The molecule has 0 saturated carbocycles. The molecule has 0 spiro atoms. The van der Waals surface area contributed by atoms with Crippen LogP contribution in [0, 0.1) is 0 Å². The van der Waals surface area contributed by atoms with E-state index in [4.69, 9.17) is 14.2 Å². The average molecular weight is 517 g/mol. The first kappa shape index (κ1) is 26.7. The van der Waals surface area contributed by atoms with E-state index >= 15 is 0 Å². The third-order valence-corrected chi connectivity index (χ3v) is 6.90. The number of amides is 3. The molecule has 0 unspecified atom stereocenters. The lowest BCUT2D eigenvalue weighted by molar-refractivity contribution is -0.150. The predicted octanol–water partition coefficient (Wildman–Crippen LogP) is 1.70. The highest BCUT2D eigenvalue weighted by Crippen LogP contribution is 2.30. The minimum atomic E-state index is -0.650. The molecule has 37 heavy (non-hydrogen) atoms. The molecule has 0 aromatic heterocycles. The molecular weight excluding hydrogens is 480 g/mol. The predicted molar refractivity (Wildman–Crippen MR) is 132 cm³/mol. The Hall–Kier alpha value is -3.34. The molecule has 0 aliphatic carbocycles. The Balaban J connectivity index is 1.37. The van der Waals surface area contributed by atoms with Gasteiger partial charge in [0, 0.05) is 38.8 Å². The largest absolute Gasteiger partial charge is 0.468 e. The first-order valence-electron chi connectivity index (χ1n) is 12.6. The summed E-state index contributed by atoms with van der Waals surface area (Å²) in [6.45, 7) is 7.53. The molecule has 1 aromatic rings. The number of ether oxygens (including phenoxy) is 3. The smallest absolute Gasteiger partial charge is 0.410 e. The first-order chi connectivity index (χ1) is 17.6. The van der Waals surface area contributed by atoms with Crippen molar-refractivity contribution in [2.45, 2.75) is 57.5 Å². The molecule has 3 saturated heterocycles. The van der Waals surface area contributed by atoms with E-state index in [9.17, 15) is 19.2 Å². The maximum atomic E-state index is 13.3. The van der Waals surface area contributed by atoms with Crippen LogP contribution in [-0.2, 0) is 30.4 Å². The SMILES string of the molecule is COC(=O)[C@H]1C[C@@H](N2C[C@@H]3CN(C(=O)OC(C)(C)C)CCN3C2=O)CN1CC(=O)OCc1ccccc1. The number of benzene rings is 1. The van der Waals surface area contributed by atoms with Gasteiger partial charge in [-0.05, 0) is 32.8 Å². The standard InChI is InChI=1S/C26H36N4O7/c1-26(2,3)37-25(34)27-10-11-29-20(14-27)15-30(24(29)33)19-12-21(23(32)35-4)28(13-19)16-22(31)36-17-18-8-6-5-7-9-18/h5-9,19-21H,10-17H2,1-4H3/t19-,20+,21-/m1/s1. The summed E-state index contributed by atoms with van der Waals surface area (Å²) in [5, 5.41) is 0. The molecule has 202 valence electrons. The van der Waals surface area contributed by atoms with Crippen molar-refractivity contribution in [1.82, 2.24) is 19.6 Å². The summed E-state index contributed by atoms with van der Waals surface area (Å²) in [5.41, 5.74) is 0.281. The average Bonchev–Trinajstić information content (AvgIpc) is 3.42. The van der Waals surface area contributed by atoms with Crippen LogP contribution in [0.1, 0.15) is 32.8 Å². The van der Waals surface area contributed by atoms with Gasteiger partial charge in [0.25, 0.3) is 0 Å². The number of fused-ring (bicyclic) bond motifs is 1. The lowest BCUT2D eigenvalue weighted by atomic mass is 10.1. The molecule has 1 aromatic carbocycles. The molecule has 3 atom stereocenters. The van der Waals surface area contributed by atoms with Gasteiger partial charge in [-0.2, -0.15) is 0 Å². The monoisotopic (exact) mass is 516 g/mol. The third kappa shape index (κ3) is 6.33. The van der Waals surface area contributed by atoms with Gasteiger partial charge in [-0.25, -0.2) is 9.59 Å². The number of methoxy groups -OCH3 is 1. The number of likely N-dealkylation sites (tertiary alicyclic amines) is 1. The molecule has 11 heteroatoms. The van der Waals surface area contributed by atoms with Crippen molar-refractivity contribution in [3.05, 3.63) is 35.9 Å². The molecule has 0 radical (unpaired) electrons. The van der Waals surface area contributed by atoms with Gasteiger partial charge < -0.3 is 28.9 Å². The van der Waals surface area contributed by atoms with Crippen molar-refractivity contribution in [2.24, 2.45) is 0 Å². The number of piperazine rings is 1. The molecule has 3 amide bonds. The van der Waals surface area contributed by atoms with Gasteiger partial charge >= 0.3 is 24.1 Å². The second kappa shape index (κ2) is 11.0. The Morgan fingerprint density at radius 2 is 1.70 bits per heavy atom. The molecule has 0 N–H and O–H groups in total. The molecule has 3 fully saturated rings. The molecule has 3 aliphatic rings. The zero-order chi connectivity index (χ0) is 26.7. The number of rotatable bonds is 6. The van der Waals surface area contributed by atoms with E-state index in [1.54, 1.807) is 19.6 Å². The molecular formula is C26H36N4O7. The Morgan fingerprint density at radius 1 is 0.973 bits per heavy atom. The van der Waals surface area contributed by atoms with Crippen LogP contribution in [0.2, 0.25) is 0 Å². The van der Waals surface area contributed by atoms with Crippen molar-refractivity contribution in [3.63, 3.8) is 0 Å². The van der Waals surface area contributed by atoms with Crippen molar-refractivity contribution < 1.29 is 33.4 Å². The number of urea groups is 1. The van der Waals surface area contributed by atoms with Crippen LogP contribution in [0.3, 0.4) is 0 Å². The second-order valence-corrected chi connectivity index (χ2v) is 10.7. The summed E-state index contributed by atoms with van der Waals surface area (Å²) in [4.78, 5) is 57.8. The summed E-state index contributed by atoms with van der Waals surface area (Å²) in [7, 11) is 1.31. The van der Waals surface area contributed by atoms with Crippen molar-refractivity contribution in [2.75, 3.05) is 46.4 Å². The number of hydrogen-bond acceptors (Lipinski definition) is 8. The van der Waals surface area contributed by atoms with Gasteiger partial charge in [0.2, 0.25) is 0 Å². The second-order valence-electron chi connectivity index (χ2n) is 10.7. The summed E-state index contributed by atoms with van der Waals surface area (Å²) in [6.07, 6.45) is -0.0226. The van der Waals surface area contributed by atoms with Gasteiger partial charge in [0.05, 0.1) is 19.7 Å². The number of hydrogen-bond donors (Lipinski definition) is 0. The minimum Gasteiger partial charge on any atom is -0.468 e. The highest BCUT2D eigenvalue weighted by atomic mass is 16.6. The summed E-state index contributed by atoms with van der Waals surface area (Å²) in [5.74, 6) is -0.893. The fourth-order valence-corrected chi connectivity index (χ4v) is 5.14. The molecule has 4 rings (SSSR count). The molecule has 0 bridgehead atoms. The zero-order valence-electron chi connectivity index (χ0n) is 21.9. The van der Waals surface area contributed by atoms with Crippen LogP contribution in [0.5, 0.6) is 0 Å². The van der Waals surface area contributed by atoms with Crippen molar-refractivity contribution in [3.8, 4) is 0 Å². The number of carbonyl (C=O) groups excluding carboxylic acids is 4. The number of esters is 2. The van der Waals surface area contributed by atoms with Gasteiger partial charge in [0.1, 0.15) is 18.2 Å². The first-order valence-corrected chi connectivity index (χ1v) is 12.6. The van der Waals surface area contributed by atoms with E-state index in [2.05, 4.69) is 0 Å². The van der Waals surface area contributed by atoms with Gasteiger partial charge in [0.15, 0.2) is 0 Å². The Bertz CT molecular complexity index is 1010. The van der Waals surface area contributed by atoms with Gasteiger partial charge in [-0.15, -0.1) is 0 Å². The number of nitrogens with zero attached hydrogens (tertiary/aromatic N) is 4. The zero-order valence-corrected chi connectivity index (χ0v) is 21.9. The summed E-state index contributed by atoms with van der Waals surface area (Å²) in [6, 6.07) is 8.18. The van der Waals surface area contributed by atoms with E-state index in [0.29, 0.717) is 39.1 Å². The lowest BCUT2D eigenvalue weighted by Gasteiger charge is -2.37. The highest BCUT2D eigenvalue weighted by Gasteiger charge is 2.49. The van der Waals surface area contributed by atoms with Crippen LogP contribution in [0.4, 0.5) is 9.59 Å². The summed E-state index contributed by atoms with van der Waals surface area (Å²) < 4.78 is 15.9. The van der Waals surface area contributed by atoms with Crippen LogP contribution in [-0.4, -0.2) is 114 Å². The number of carbonyl (C=O) groups is 4. The molecule has 11 nitrogen and oxygen atoms in total. The fraction of sp³-hybridized carbons (Fsp3) is 0.615. The van der Waals surface area contributed by atoms with Crippen molar-refractivity contribution >= 4 is 24.1 Å². The van der Waals surface area contributed by atoms with E-state index in [1.807, 2.05) is 51.1 Å². The molecule has 3 heterocycles. The molecule has 3 aliphatic heterocycles. The van der Waals surface area contributed by atoms with E-state index in [-0.39, 0.29) is 37.4 Å². The van der Waals surface area contributed by atoms with E-state index < -0.39 is 23.6 Å². The van der Waals surface area contributed by atoms with E-state index in [0.717, 1.165) is 5.56 Å². The van der Waals surface area contributed by atoms with Gasteiger partial charge in [-0.3, -0.25) is 14.5 Å². The Labute approximate surface area is 217 Å². The highest BCUT2D eigenvalue weighted by molar-refractivity contribution is 5.81. The maximum Gasteiger partial charge on any atom is 0.410 e. The minimum absolute atomic E-state index is 0.0787. The summed E-state index contributed by atoms with van der Waals surface area (Å²) >= 11 is 0. The lowest BCUT2D eigenvalue weighted by Crippen LogP contribution is -2.54. The maximum absolute atomic E-state index is 13.3. The van der Waals surface area contributed by atoms with Crippen LogP contribution < -0.4 is 0 Å². The van der Waals surface area contributed by atoms with Crippen LogP contribution >= 0.6 is 0 Å². The Kier molecular flexibility index (Phi) is 7.91. The van der Waals surface area contributed by atoms with Crippen LogP contribution in [0.25, 0.3) is 0 Å². The normalized spacial score (nSPS) is 24.2. The third-order valence-electron chi connectivity index (χ3n) is 6.90. The quantitative estimate of drug-likeness (QED) is 0.415.